The second kappa shape index (κ2) is 5.44. The largest absolute Gasteiger partial charge is 0.463 e. The van der Waals surface area contributed by atoms with Gasteiger partial charge in [0.1, 0.15) is 23.2 Å². The van der Waals surface area contributed by atoms with E-state index in [1.807, 2.05) is 6.07 Å². The number of Topliss-reactive ketones (excluding diaryl/α,β-unsaturated/α-hetero) is 1. The van der Waals surface area contributed by atoms with E-state index in [2.05, 4.69) is 0 Å². The van der Waals surface area contributed by atoms with E-state index in [0.717, 1.165) is 12.3 Å². The highest BCUT2D eigenvalue weighted by Crippen LogP contribution is 2.28. The Labute approximate surface area is 124 Å². The monoisotopic (exact) mass is 298 g/mol. The summed E-state index contributed by atoms with van der Waals surface area (Å²) in [6.07, 6.45) is 1.08. The normalized spacial score (nSPS) is 10.6. The molecule has 0 saturated carbocycles. The molecule has 0 fully saturated rings. The average Bonchev–Trinajstić information content (AvgIpc) is 2.50. The molecule has 1 heterocycles. The van der Waals surface area contributed by atoms with Crippen LogP contribution in [-0.2, 0) is 0 Å². The molecule has 4 nitrogen and oxygen atoms in total. The van der Waals surface area contributed by atoms with Crippen molar-refractivity contribution in [2.75, 3.05) is 0 Å². The molecule has 3 rings (SSSR count). The SMILES string of the molecule is CC(=O)c1coc2cc(Oc3ccccc3)c(F)cc2c1=O. The number of fused-ring (bicyclic) bond motifs is 1. The van der Waals surface area contributed by atoms with Gasteiger partial charge in [-0.3, -0.25) is 9.59 Å². The molecule has 110 valence electrons. The number of ether oxygens (including phenoxy) is 1. The summed E-state index contributed by atoms with van der Waals surface area (Å²) in [7, 11) is 0. The lowest BCUT2D eigenvalue weighted by Crippen LogP contribution is -2.12. The minimum Gasteiger partial charge on any atom is -0.463 e. The molecule has 0 amide bonds. The Balaban J connectivity index is 2.12. The zero-order chi connectivity index (χ0) is 15.7. The second-order valence-electron chi connectivity index (χ2n) is 4.73. The van der Waals surface area contributed by atoms with Crippen molar-refractivity contribution in [1.29, 1.82) is 0 Å². The van der Waals surface area contributed by atoms with E-state index in [4.69, 9.17) is 9.15 Å². The number of carbonyl (C=O) groups is 1. The van der Waals surface area contributed by atoms with Gasteiger partial charge in [0.2, 0.25) is 5.43 Å². The Morgan fingerprint density at radius 3 is 2.59 bits per heavy atom. The van der Waals surface area contributed by atoms with Crippen LogP contribution in [0.15, 0.2) is 57.9 Å². The van der Waals surface area contributed by atoms with Crippen molar-refractivity contribution in [3.05, 3.63) is 70.3 Å². The highest BCUT2D eigenvalue weighted by atomic mass is 19.1. The summed E-state index contributed by atoms with van der Waals surface area (Å²) < 4.78 is 24.8. The number of carbonyl (C=O) groups excluding carboxylic acids is 1. The summed E-state index contributed by atoms with van der Waals surface area (Å²) in [5, 5.41) is 0.00520. The summed E-state index contributed by atoms with van der Waals surface area (Å²) in [5.41, 5.74) is -0.509. The Kier molecular flexibility index (Phi) is 3.47. The lowest BCUT2D eigenvalue weighted by atomic mass is 10.1. The van der Waals surface area contributed by atoms with Gasteiger partial charge in [0, 0.05) is 6.07 Å². The third-order valence-corrected chi connectivity index (χ3v) is 3.18. The second-order valence-corrected chi connectivity index (χ2v) is 4.73. The Bertz CT molecular complexity index is 913. The summed E-state index contributed by atoms with van der Waals surface area (Å²) in [6.45, 7) is 1.25. The molecule has 5 heteroatoms. The van der Waals surface area contributed by atoms with Crippen LogP contribution in [0.3, 0.4) is 0 Å². The summed E-state index contributed by atoms with van der Waals surface area (Å²) in [4.78, 5) is 23.4. The van der Waals surface area contributed by atoms with Gasteiger partial charge in [0.15, 0.2) is 17.3 Å². The van der Waals surface area contributed by atoms with Crippen molar-refractivity contribution in [2.24, 2.45) is 0 Å². The molecule has 0 saturated heterocycles. The maximum atomic E-state index is 14.1. The van der Waals surface area contributed by atoms with E-state index in [0.29, 0.717) is 5.75 Å². The van der Waals surface area contributed by atoms with E-state index in [9.17, 15) is 14.0 Å². The van der Waals surface area contributed by atoms with Gasteiger partial charge in [-0.2, -0.15) is 0 Å². The fraction of sp³-hybridized carbons (Fsp3) is 0.0588. The number of hydrogen-bond donors (Lipinski definition) is 0. The van der Waals surface area contributed by atoms with Crippen molar-refractivity contribution in [3.63, 3.8) is 0 Å². The van der Waals surface area contributed by atoms with Gasteiger partial charge in [-0.05, 0) is 25.1 Å². The molecule has 0 radical (unpaired) electrons. The van der Waals surface area contributed by atoms with Gasteiger partial charge < -0.3 is 9.15 Å². The fourth-order valence-electron chi connectivity index (χ4n) is 2.07. The van der Waals surface area contributed by atoms with Crippen LogP contribution in [0.4, 0.5) is 4.39 Å². The molecular formula is C17H11FO4. The average molecular weight is 298 g/mol. The van der Waals surface area contributed by atoms with Crippen LogP contribution in [0.1, 0.15) is 17.3 Å². The van der Waals surface area contributed by atoms with Crippen molar-refractivity contribution in [2.45, 2.75) is 6.92 Å². The predicted octanol–water partition coefficient (Wildman–Crippen LogP) is 3.93. The van der Waals surface area contributed by atoms with Crippen molar-refractivity contribution >= 4 is 16.8 Å². The molecule has 2 aromatic carbocycles. The molecule has 0 aliphatic rings. The first-order valence-corrected chi connectivity index (χ1v) is 6.55. The van der Waals surface area contributed by atoms with Crippen LogP contribution in [-0.4, -0.2) is 5.78 Å². The van der Waals surface area contributed by atoms with Gasteiger partial charge in [-0.15, -0.1) is 0 Å². The maximum absolute atomic E-state index is 14.1. The predicted molar refractivity (Wildman–Crippen MR) is 79.0 cm³/mol. The molecule has 3 aromatic rings. The van der Waals surface area contributed by atoms with Crippen LogP contribution < -0.4 is 10.2 Å². The summed E-state index contributed by atoms with van der Waals surface area (Å²) >= 11 is 0. The zero-order valence-electron chi connectivity index (χ0n) is 11.6. The smallest absolute Gasteiger partial charge is 0.203 e. The number of rotatable bonds is 3. The Morgan fingerprint density at radius 1 is 1.18 bits per heavy atom. The van der Waals surface area contributed by atoms with Crippen LogP contribution in [0.25, 0.3) is 11.0 Å². The number of ketones is 1. The number of halogens is 1. The maximum Gasteiger partial charge on any atom is 0.203 e. The number of benzene rings is 2. The summed E-state index contributed by atoms with van der Waals surface area (Å²) in [5.74, 6) is -0.731. The molecule has 0 aliphatic carbocycles. The molecule has 0 bridgehead atoms. The highest BCUT2D eigenvalue weighted by Gasteiger charge is 2.15. The summed E-state index contributed by atoms with van der Waals surface area (Å²) in [6, 6.07) is 11.0. The van der Waals surface area contributed by atoms with Crippen LogP contribution in [0.2, 0.25) is 0 Å². The highest BCUT2D eigenvalue weighted by molar-refractivity contribution is 5.96. The van der Waals surface area contributed by atoms with Crippen molar-refractivity contribution in [1.82, 2.24) is 0 Å². The van der Waals surface area contributed by atoms with E-state index >= 15 is 0 Å². The van der Waals surface area contributed by atoms with E-state index in [1.165, 1.54) is 13.0 Å². The van der Waals surface area contributed by atoms with Crippen LogP contribution in [0.5, 0.6) is 11.5 Å². The standard InChI is InChI=1S/C17H11FO4/c1-10(19)13-9-21-15-8-16(14(18)7-12(15)17(13)20)22-11-5-3-2-4-6-11/h2-9H,1H3. The van der Waals surface area contributed by atoms with E-state index in [1.54, 1.807) is 24.3 Å². The quantitative estimate of drug-likeness (QED) is 0.687. The molecule has 0 unspecified atom stereocenters. The molecule has 0 N–H and O–H groups in total. The van der Waals surface area contributed by atoms with Crippen molar-refractivity contribution < 1.29 is 18.3 Å². The van der Waals surface area contributed by atoms with Gasteiger partial charge in [0.25, 0.3) is 0 Å². The minimum atomic E-state index is -0.704. The first-order valence-electron chi connectivity index (χ1n) is 6.55. The molecule has 22 heavy (non-hydrogen) atoms. The van der Waals surface area contributed by atoms with Gasteiger partial charge in [-0.25, -0.2) is 4.39 Å². The van der Waals surface area contributed by atoms with E-state index in [-0.39, 0.29) is 22.3 Å². The lowest BCUT2D eigenvalue weighted by molar-refractivity contribution is 0.101. The first-order chi connectivity index (χ1) is 10.6. The van der Waals surface area contributed by atoms with Gasteiger partial charge in [0.05, 0.1) is 5.39 Å². The van der Waals surface area contributed by atoms with Crippen molar-refractivity contribution in [3.8, 4) is 11.5 Å². The number of para-hydroxylation sites is 1. The minimum absolute atomic E-state index is 0.00520. The fourth-order valence-corrected chi connectivity index (χ4v) is 2.07. The number of hydrogen-bond acceptors (Lipinski definition) is 4. The van der Waals surface area contributed by atoms with Crippen LogP contribution in [0, 0.1) is 5.82 Å². The molecule has 0 aliphatic heterocycles. The third-order valence-electron chi connectivity index (χ3n) is 3.18. The van der Waals surface area contributed by atoms with Gasteiger partial charge >= 0.3 is 0 Å². The third kappa shape index (κ3) is 2.48. The molecule has 1 aromatic heterocycles. The lowest BCUT2D eigenvalue weighted by Gasteiger charge is -2.08. The van der Waals surface area contributed by atoms with Gasteiger partial charge in [-0.1, -0.05) is 18.2 Å². The molecule has 0 atom stereocenters. The first kappa shape index (κ1) is 14.0. The topological polar surface area (TPSA) is 56.5 Å². The van der Waals surface area contributed by atoms with Crippen LogP contribution >= 0.6 is 0 Å². The molecular weight excluding hydrogens is 287 g/mol. The Morgan fingerprint density at radius 2 is 1.91 bits per heavy atom. The Hall–Kier alpha value is -2.95. The van der Waals surface area contributed by atoms with E-state index < -0.39 is 17.0 Å². The zero-order valence-corrected chi connectivity index (χ0v) is 11.6. The molecule has 0 spiro atoms.